The van der Waals surface area contributed by atoms with Gasteiger partial charge in [-0.1, -0.05) is 81.5 Å². The molecule has 2 aliphatic rings. The predicted molar refractivity (Wildman–Crippen MR) is 266 cm³/mol. The number of rotatable bonds is 20. The van der Waals surface area contributed by atoms with Crippen LogP contribution in [0.3, 0.4) is 0 Å². The molecule has 4 atom stereocenters. The maximum Gasteiger partial charge on any atom is 0.417 e. The van der Waals surface area contributed by atoms with Gasteiger partial charge in [-0.25, -0.2) is 4.98 Å². The number of amides is 4. The quantitative estimate of drug-likeness (QED) is 0.0443. The van der Waals surface area contributed by atoms with E-state index in [4.69, 9.17) is 26.4 Å². The van der Waals surface area contributed by atoms with Gasteiger partial charge in [0.1, 0.15) is 24.4 Å². The number of alkyl halides is 3. The fraction of sp³-hybridized carbons (Fsp3) is 0.442. The Kier molecular flexibility index (Phi) is 17.9. The molecule has 2 saturated heterocycles. The van der Waals surface area contributed by atoms with E-state index < -0.39 is 70.0 Å². The molecule has 4 aromatic rings. The first-order valence-corrected chi connectivity index (χ1v) is 24.5. The molecular formula is C52H59F3N6O8S2. The number of nitrogens with zero attached hydrogens (tertiary/aromatic N) is 4. The van der Waals surface area contributed by atoms with Crippen LogP contribution in [-0.4, -0.2) is 101 Å². The Labute approximate surface area is 421 Å². The number of hydrogen-bond acceptors (Lipinski definition) is 12. The third-order valence-corrected chi connectivity index (χ3v) is 13.7. The summed E-state index contributed by atoms with van der Waals surface area (Å²) in [5.74, 6) is -1.81. The molecule has 0 spiro atoms. The van der Waals surface area contributed by atoms with Gasteiger partial charge in [0.05, 0.1) is 75.3 Å². The number of aliphatic hydroxyl groups excluding tert-OH is 1. The van der Waals surface area contributed by atoms with Crippen molar-refractivity contribution in [1.29, 1.82) is 5.26 Å². The summed E-state index contributed by atoms with van der Waals surface area (Å²) in [6.45, 7) is 12.0. The molecule has 2 fully saturated rings. The standard InChI is InChI=1S/C52H59F3N6O8S2/c1-32-44(71-31-58-32)35-13-11-33(12-14-35)28-57-46(64)41-26-38(62)29-60(41)47(65)45(50(2,3)4)59-42(63)30-68-23-8-7-21-67-22-9-10-24-69-39-19-16-34(17-20-39)43-48(70)61(49(66)51(43,5)6)37-18-15-36(27-56)40(25-37)52(53,54)55/h7-8,11-20,25,31,38,41,43,45,62H,9-10,21-24,26,28-30H2,1-6H3,(H,57,64)(H,59,63)/b8-7-/t38-,41+,43?,45?/m1/s1. The Bertz CT molecular complexity index is 2620. The normalized spacial score (nSPS) is 18.5. The van der Waals surface area contributed by atoms with E-state index in [0.29, 0.717) is 37.6 Å². The van der Waals surface area contributed by atoms with Crippen LogP contribution < -0.4 is 20.3 Å². The van der Waals surface area contributed by atoms with Crippen molar-refractivity contribution < 1.29 is 51.7 Å². The number of hydrogen-bond donors (Lipinski definition) is 3. The minimum atomic E-state index is -4.79. The number of thiazole rings is 1. The van der Waals surface area contributed by atoms with Crippen LogP contribution in [0.15, 0.2) is 84.4 Å². The number of nitriles is 1. The van der Waals surface area contributed by atoms with E-state index in [0.717, 1.165) is 45.2 Å². The number of β-amino-alcohol motifs (C(OH)–C–C–N with tert-alkyl or cyclic N) is 1. The van der Waals surface area contributed by atoms with Crippen molar-refractivity contribution in [2.45, 2.75) is 97.6 Å². The van der Waals surface area contributed by atoms with Crippen molar-refractivity contribution in [1.82, 2.24) is 20.5 Å². The summed E-state index contributed by atoms with van der Waals surface area (Å²) in [4.78, 5) is 61.9. The lowest BCUT2D eigenvalue weighted by atomic mass is 9.77. The van der Waals surface area contributed by atoms with Crippen LogP contribution in [0.5, 0.6) is 5.75 Å². The van der Waals surface area contributed by atoms with Crippen molar-refractivity contribution in [2.24, 2.45) is 10.8 Å². The fourth-order valence-corrected chi connectivity index (χ4v) is 9.93. The molecule has 0 aliphatic carbocycles. The van der Waals surface area contributed by atoms with Crippen molar-refractivity contribution in [2.75, 3.05) is 44.5 Å². The second kappa shape index (κ2) is 23.5. The third kappa shape index (κ3) is 13.5. The lowest BCUT2D eigenvalue weighted by Gasteiger charge is -2.35. The van der Waals surface area contributed by atoms with E-state index in [1.54, 1.807) is 73.2 Å². The Balaban J connectivity index is 0.867. The molecule has 378 valence electrons. The van der Waals surface area contributed by atoms with Crippen LogP contribution >= 0.6 is 23.6 Å². The molecule has 4 amide bonds. The average Bonchev–Trinajstić information content (AvgIpc) is 3.99. The zero-order chi connectivity index (χ0) is 51.7. The third-order valence-electron chi connectivity index (χ3n) is 12.3. The summed E-state index contributed by atoms with van der Waals surface area (Å²) in [5.41, 5.74) is 1.86. The van der Waals surface area contributed by atoms with Crippen LogP contribution in [0.2, 0.25) is 0 Å². The highest BCUT2D eigenvalue weighted by molar-refractivity contribution is 7.80. The largest absolute Gasteiger partial charge is 0.494 e. The summed E-state index contributed by atoms with van der Waals surface area (Å²) in [7, 11) is 0. The zero-order valence-electron chi connectivity index (χ0n) is 40.5. The Hall–Kier alpha value is -6.04. The Morgan fingerprint density at radius 3 is 2.32 bits per heavy atom. The maximum absolute atomic E-state index is 13.9. The van der Waals surface area contributed by atoms with Gasteiger partial charge in [0.2, 0.25) is 23.6 Å². The molecule has 0 bridgehead atoms. The molecule has 2 aliphatic heterocycles. The second-order valence-corrected chi connectivity index (χ2v) is 20.4. The topological polar surface area (TPSA) is 183 Å². The van der Waals surface area contributed by atoms with Gasteiger partial charge in [0.15, 0.2) is 0 Å². The van der Waals surface area contributed by atoms with E-state index in [1.807, 2.05) is 52.0 Å². The summed E-state index contributed by atoms with van der Waals surface area (Å²) in [6.07, 6.45) is -0.688. The average molecular weight is 1020 g/mol. The highest BCUT2D eigenvalue weighted by Crippen LogP contribution is 2.48. The van der Waals surface area contributed by atoms with Gasteiger partial charge in [0.25, 0.3) is 0 Å². The van der Waals surface area contributed by atoms with Crippen LogP contribution in [0.1, 0.15) is 87.7 Å². The molecule has 3 N–H and O–H groups in total. The SMILES string of the molecule is Cc1ncsc1-c1ccc(CNC(=O)[C@@H]2C[C@@H](O)CN2C(=O)C(NC(=O)COC/C=C\COCCCCOc2ccc(C3C(=S)N(c4ccc(C#N)c(C(F)(F)F)c4)C(=O)C3(C)C)cc2)C(C)(C)C)cc1. The molecule has 0 radical (unpaired) electrons. The predicted octanol–water partition coefficient (Wildman–Crippen LogP) is 8.05. The lowest BCUT2D eigenvalue weighted by molar-refractivity contribution is -0.144. The van der Waals surface area contributed by atoms with Gasteiger partial charge < -0.3 is 34.9 Å². The Morgan fingerprint density at radius 2 is 1.69 bits per heavy atom. The number of aliphatic hydroxyl groups is 1. The number of nitrogens with one attached hydrogen (secondary N) is 2. The smallest absolute Gasteiger partial charge is 0.417 e. The lowest BCUT2D eigenvalue weighted by Crippen LogP contribution is -2.58. The summed E-state index contributed by atoms with van der Waals surface area (Å²) >= 11 is 7.25. The van der Waals surface area contributed by atoms with Gasteiger partial charge in [-0.05, 0) is 86.1 Å². The van der Waals surface area contributed by atoms with Crippen LogP contribution in [-0.2, 0) is 41.4 Å². The van der Waals surface area contributed by atoms with Crippen LogP contribution in [0, 0.1) is 29.1 Å². The minimum Gasteiger partial charge on any atom is -0.494 e. The molecule has 2 unspecified atom stereocenters. The van der Waals surface area contributed by atoms with E-state index in [-0.39, 0.29) is 49.3 Å². The molecule has 3 aromatic carbocycles. The second-order valence-electron chi connectivity index (χ2n) is 19.1. The zero-order valence-corrected chi connectivity index (χ0v) is 42.1. The van der Waals surface area contributed by atoms with E-state index in [2.05, 4.69) is 15.6 Å². The van der Waals surface area contributed by atoms with Crippen LogP contribution in [0.25, 0.3) is 10.4 Å². The number of carbonyl (C=O) groups is 4. The molecule has 71 heavy (non-hydrogen) atoms. The van der Waals surface area contributed by atoms with Gasteiger partial charge in [-0.15, -0.1) is 11.3 Å². The van der Waals surface area contributed by atoms with Crippen LogP contribution in [0.4, 0.5) is 18.9 Å². The van der Waals surface area contributed by atoms with Gasteiger partial charge in [-0.2, -0.15) is 18.4 Å². The molecule has 3 heterocycles. The number of ether oxygens (including phenoxy) is 3. The highest BCUT2D eigenvalue weighted by atomic mass is 32.1. The van der Waals surface area contributed by atoms with E-state index >= 15 is 0 Å². The number of halogens is 3. The summed E-state index contributed by atoms with van der Waals surface area (Å²) in [6, 6.07) is 17.7. The number of aromatic nitrogens is 1. The molecule has 6 rings (SSSR count). The molecular weight excluding hydrogens is 958 g/mol. The van der Waals surface area contributed by atoms with Crippen molar-refractivity contribution in [3.05, 3.63) is 112 Å². The van der Waals surface area contributed by atoms with Crippen molar-refractivity contribution in [3.8, 4) is 22.3 Å². The monoisotopic (exact) mass is 1020 g/mol. The van der Waals surface area contributed by atoms with Crippen molar-refractivity contribution in [3.63, 3.8) is 0 Å². The molecule has 0 saturated carbocycles. The molecule has 14 nitrogen and oxygen atoms in total. The first kappa shape index (κ1) is 54.3. The van der Waals surface area contributed by atoms with Gasteiger partial charge >= 0.3 is 6.18 Å². The minimum absolute atomic E-state index is 0.0359. The number of aryl methyl sites for hydroxylation is 1. The fourth-order valence-electron chi connectivity index (χ4n) is 8.50. The van der Waals surface area contributed by atoms with Gasteiger partial charge in [0, 0.05) is 32.0 Å². The number of likely N-dealkylation sites (tertiary alicyclic amines) is 1. The van der Waals surface area contributed by atoms with Crippen molar-refractivity contribution >= 4 is 57.9 Å². The molecule has 1 aromatic heterocycles. The summed E-state index contributed by atoms with van der Waals surface area (Å²) < 4.78 is 58.2. The summed E-state index contributed by atoms with van der Waals surface area (Å²) in [5, 5.41) is 25.4. The van der Waals surface area contributed by atoms with E-state index in [1.165, 1.54) is 11.0 Å². The maximum atomic E-state index is 13.9. The number of unbranched alkanes of at least 4 members (excludes halogenated alkanes) is 1. The highest BCUT2D eigenvalue weighted by Gasteiger charge is 2.52. The molecule has 19 heteroatoms. The van der Waals surface area contributed by atoms with E-state index in [9.17, 15) is 42.7 Å². The first-order chi connectivity index (χ1) is 33.6. The number of benzene rings is 3. The first-order valence-electron chi connectivity index (χ1n) is 23.2. The number of thiocarbonyl (C=S) groups is 1. The Morgan fingerprint density at radius 1 is 1.01 bits per heavy atom. The number of anilines is 1. The van der Waals surface area contributed by atoms with Gasteiger partial charge in [-0.3, -0.25) is 24.1 Å². The number of carbonyl (C=O) groups excluding carboxylic acids is 4.